The Bertz CT molecular complexity index is 1260. The third-order valence-electron chi connectivity index (χ3n) is 8.66. The lowest BCUT2D eigenvalue weighted by Gasteiger charge is -2.36. The van der Waals surface area contributed by atoms with Gasteiger partial charge in [0.25, 0.3) is 0 Å². The zero-order valence-corrected chi connectivity index (χ0v) is 23.0. The van der Waals surface area contributed by atoms with E-state index in [9.17, 15) is 4.79 Å². The molecule has 0 N–H and O–H groups in total. The molecule has 0 spiro atoms. The molecule has 1 saturated carbocycles. The molecule has 3 heterocycles. The van der Waals surface area contributed by atoms with Crippen LogP contribution in [0.3, 0.4) is 0 Å². The number of hydrogen-bond acceptors (Lipinski definition) is 6. The molecule has 6 rings (SSSR count). The van der Waals surface area contributed by atoms with E-state index in [2.05, 4.69) is 16.7 Å². The number of benzene rings is 1. The first kappa shape index (κ1) is 24.7. The fourth-order valence-corrected chi connectivity index (χ4v) is 7.75. The number of carbonyl (C=O) groups is 1. The fraction of sp³-hybridized carbons (Fsp3) is 0.567. The van der Waals surface area contributed by atoms with Gasteiger partial charge in [0.05, 0.1) is 12.5 Å². The number of ether oxygens (including phenoxy) is 1. The van der Waals surface area contributed by atoms with Crippen LogP contribution in [-0.4, -0.2) is 54.1 Å². The average molecular weight is 519 g/mol. The van der Waals surface area contributed by atoms with E-state index in [-0.39, 0.29) is 0 Å². The van der Waals surface area contributed by atoms with Crippen LogP contribution >= 0.6 is 11.3 Å². The maximum atomic E-state index is 13.0. The number of thiophene rings is 1. The first-order valence-corrected chi connectivity index (χ1v) is 14.9. The highest BCUT2D eigenvalue weighted by molar-refractivity contribution is 7.19. The number of anilines is 1. The lowest BCUT2D eigenvalue weighted by molar-refractivity contribution is -0.131. The molecule has 37 heavy (non-hydrogen) atoms. The van der Waals surface area contributed by atoms with E-state index in [0.717, 1.165) is 85.1 Å². The minimum Gasteiger partial charge on any atom is -0.497 e. The molecule has 3 aliphatic rings. The van der Waals surface area contributed by atoms with Gasteiger partial charge in [0.1, 0.15) is 16.4 Å². The van der Waals surface area contributed by atoms with Crippen LogP contribution in [0, 0.1) is 11.8 Å². The summed E-state index contributed by atoms with van der Waals surface area (Å²) in [6.07, 6.45) is 10.5. The number of hydrogen-bond donors (Lipinski definition) is 0. The fourth-order valence-electron chi connectivity index (χ4n) is 6.37. The van der Waals surface area contributed by atoms with Gasteiger partial charge in [0.15, 0.2) is 5.82 Å². The Labute approximate surface area is 224 Å². The summed E-state index contributed by atoms with van der Waals surface area (Å²) in [5.74, 6) is 4.48. The summed E-state index contributed by atoms with van der Waals surface area (Å²) >= 11 is 1.86. The maximum Gasteiger partial charge on any atom is 0.222 e. The van der Waals surface area contributed by atoms with Crippen molar-refractivity contribution in [3.8, 4) is 17.1 Å². The van der Waals surface area contributed by atoms with Crippen molar-refractivity contribution in [2.75, 3.05) is 38.2 Å². The van der Waals surface area contributed by atoms with Crippen LogP contribution < -0.4 is 9.64 Å². The maximum absolute atomic E-state index is 13.0. The monoisotopic (exact) mass is 518 g/mol. The van der Waals surface area contributed by atoms with Crippen LogP contribution in [0.15, 0.2) is 24.3 Å². The third kappa shape index (κ3) is 5.07. The van der Waals surface area contributed by atoms with Gasteiger partial charge < -0.3 is 14.5 Å². The summed E-state index contributed by atoms with van der Waals surface area (Å²) in [5.41, 5.74) is 2.47. The lowest BCUT2D eigenvalue weighted by Crippen LogP contribution is -2.49. The Kier molecular flexibility index (Phi) is 7.06. The highest BCUT2D eigenvalue weighted by atomic mass is 32.1. The minimum absolute atomic E-state index is 0.334. The van der Waals surface area contributed by atoms with Gasteiger partial charge >= 0.3 is 0 Å². The Hall–Kier alpha value is -2.67. The van der Waals surface area contributed by atoms with Crippen LogP contribution in [-0.2, 0) is 17.6 Å². The zero-order chi connectivity index (χ0) is 25.4. The Balaban J connectivity index is 1.26. The predicted molar refractivity (Wildman–Crippen MR) is 151 cm³/mol. The molecule has 1 atom stereocenters. The molecule has 6 nitrogen and oxygen atoms in total. The van der Waals surface area contributed by atoms with Crippen molar-refractivity contribution in [2.45, 2.75) is 64.7 Å². The number of amides is 1. The SMILES string of the molecule is COc1ccc(-c2nc(N3CCN(C(=O)CCC4CCCC4)CC3)c3c4c(sc3n2)CC(C)CC4)cc1. The van der Waals surface area contributed by atoms with Crippen molar-refractivity contribution in [1.29, 1.82) is 0 Å². The second kappa shape index (κ2) is 10.6. The number of fused-ring (bicyclic) bond motifs is 3. The summed E-state index contributed by atoms with van der Waals surface area (Å²) in [4.78, 5) is 30.3. The summed E-state index contributed by atoms with van der Waals surface area (Å²) in [7, 11) is 1.69. The Morgan fingerprint density at radius 1 is 1.05 bits per heavy atom. The topological polar surface area (TPSA) is 58.6 Å². The van der Waals surface area contributed by atoms with Crippen LogP contribution in [0.2, 0.25) is 0 Å². The first-order chi connectivity index (χ1) is 18.1. The first-order valence-electron chi connectivity index (χ1n) is 14.1. The van der Waals surface area contributed by atoms with Crippen molar-refractivity contribution in [2.24, 2.45) is 11.8 Å². The molecule has 1 saturated heterocycles. The Morgan fingerprint density at radius 3 is 2.54 bits per heavy atom. The van der Waals surface area contributed by atoms with Gasteiger partial charge in [0, 0.05) is 43.0 Å². The number of piperazine rings is 1. The van der Waals surface area contributed by atoms with Gasteiger partial charge in [-0.3, -0.25) is 4.79 Å². The quantitative estimate of drug-likeness (QED) is 0.394. The van der Waals surface area contributed by atoms with Crippen LogP contribution in [0.5, 0.6) is 5.75 Å². The second-order valence-electron chi connectivity index (χ2n) is 11.2. The van der Waals surface area contributed by atoms with Gasteiger partial charge in [-0.1, -0.05) is 32.6 Å². The van der Waals surface area contributed by atoms with Gasteiger partial charge in [0.2, 0.25) is 5.91 Å². The van der Waals surface area contributed by atoms with E-state index in [4.69, 9.17) is 14.7 Å². The highest BCUT2D eigenvalue weighted by Gasteiger charge is 2.29. The number of methoxy groups -OCH3 is 1. The lowest BCUT2D eigenvalue weighted by atomic mass is 9.89. The number of carbonyl (C=O) groups excluding carboxylic acids is 1. The molecule has 1 aromatic carbocycles. The molecule has 2 fully saturated rings. The third-order valence-corrected chi connectivity index (χ3v) is 9.81. The normalized spacial score (nSPS) is 20.4. The van der Waals surface area contributed by atoms with E-state index < -0.39 is 0 Å². The summed E-state index contributed by atoms with van der Waals surface area (Å²) < 4.78 is 5.36. The van der Waals surface area contributed by atoms with Gasteiger partial charge in [-0.15, -0.1) is 11.3 Å². The number of nitrogens with zero attached hydrogens (tertiary/aromatic N) is 4. The molecule has 3 aromatic rings. The highest BCUT2D eigenvalue weighted by Crippen LogP contribution is 2.42. The molecule has 2 aromatic heterocycles. The molecule has 2 aliphatic carbocycles. The smallest absolute Gasteiger partial charge is 0.222 e. The molecule has 7 heteroatoms. The molecule has 1 unspecified atom stereocenters. The molecular formula is C30H38N4O2S. The average Bonchev–Trinajstić information content (AvgIpc) is 3.58. The standard InChI is InChI=1S/C30H38N4O2S/c1-20-7-13-24-25(19-20)37-30-27(24)29(31-28(32-30)22-9-11-23(36-2)12-10-22)34-17-15-33(16-18-34)26(35)14-8-21-5-3-4-6-21/h9-12,20-21H,3-8,13-19H2,1-2H3. The van der Waals surface area contributed by atoms with Crippen molar-refractivity contribution in [3.05, 3.63) is 34.7 Å². The van der Waals surface area contributed by atoms with E-state index in [1.165, 1.54) is 47.9 Å². The molecule has 196 valence electrons. The number of rotatable bonds is 6. The van der Waals surface area contributed by atoms with E-state index in [0.29, 0.717) is 12.3 Å². The predicted octanol–water partition coefficient (Wildman–Crippen LogP) is 6.11. The summed E-state index contributed by atoms with van der Waals surface area (Å²) in [5, 5.41) is 1.25. The minimum atomic E-state index is 0.334. The van der Waals surface area contributed by atoms with Gasteiger partial charge in [-0.05, 0) is 67.3 Å². The van der Waals surface area contributed by atoms with Crippen LogP contribution in [0.1, 0.15) is 62.3 Å². The van der Waals surface area contributed by atoms with Crippen molar-refractivity contribution < 1.29 is 9.53 Å². The largest absolute Gasteiger partial charge is 0.497 e. The Morgan fingerprint density at radius 2 is 1.81 bits per heavy atom. The number of aryl methyl sites for hydroxylation is 1. The molecule has 0 radical (unpaired) electrons. The van der Waals surface area contributed by atoms with Crippen LogP contribution in [0.25, 0.3) is 21.6 Å². The van der Waals surface area contributed by atoms with E-state index in [1.54, 1.807) is 7.11 Å². The zero-order valence-electron chi connectivity index (χ0n) is 22.2. The van der Waals surface area contributed by atoms with E-state index >= 15 is 0 Å². The van der Waals surface area contributed by atoms with Crippen molar-refractivity contribution >= 4 is 33.3 Å². The molecule has 0 bridgehead atoms. The summed E-state index contributed by atoms with van der Waals surface area (Å²) in [6, 6.07) is 8.03. The summed E-state index contributed by atoms with van der Waals surface area (Å²) in [6.45, 7) is 5.55. The number of aromatic nitrogens is 2. The molecule has 1 amide bonds. The van der Waals surface area contributed by atoms with Crippen LogP contribution in [0.4, 0.5) is 5.82 Å². The second-order valence-corrected chi connectivity index (χ2v) is 12.3. The van der Waals surface area contributed by atoms with E-state index in [1.807, 2.05) is 35.6 Å². The molecule has 1 aliphatic heterocycles. The van der Waals surface area contributed by atoms with Gasteiger partial charge in [-0.25, -0.2) is 9.97 Å². The van der Waals surface area contributed by atoms with Crippen molar-refractivity contribution in [3.63, 3.8) is 0 Å². The van der Waals surface area contributed by atoms with Crippen molar-refractivity contribution in [1.82, 2.24) is 14.9 Å². The van der Waals surface area contributed by atoms with Gasteiger partial charge in [-0.2, -0.15) is 0 Å². The molecular weight excluding hydrogens is 480 g/mol.